The number of aliphatic hydroxyl groups excluding tert-OH is 1. The summed E-state index contributed by atoms with van der Waals surface area (Å²) in [5.74, 6) is 0. The number of hydrogen-bond acceptors (Lipinski definition) is 3. The molecule has 0 bridgehead atoms. The molecule has 0 saturated carbocycles. The van der Waals surface area contributed by atoms with Gasteiger partial charge in [0.15, 0.2) is 0 Å². The van der Waals surface area contributed by atoms with Crippen molar-refractivity contribution in [3.8, 4) is 0 Å². The molecule has 0 fully saturated rings. The van der Waals surface area contributed by atoms with Crippen molar-refractivity contribution in [2.45, 2.75) is 38.9 Å². The van der Waals surface area contributed by atoms with Gasteiger partial charge in [0.05, 0.1) is 6.10 Å². The van der Waals surface area contributed by atoms with Crippen molar-refractivity contribution in [3.63, 3.8) is 0 Å². The molecule has 1 aromatic rings. The summed E-state index contributed by atoms with van der Waals surface area (Å²) in [5, 5.41) is 10.2. The van der Waals surface area contributed by atoms with Crippen molar-refractivity contribution < 1.29 is 14.6 Å². The summed E-state index contributed by atoms with van der Waals surface area (Å²) >= 11 is 0. The van der Waals surface area contributed by atoms with Gasteiger partial charge in [-0.1, -0.05) is 42.0 Å². The van der Waals surface area contributed by atoms with E-state index in [-0.39, 0.29) is 12.2 Å². The van der Waals surface area contributed by atoms with Crippen LogP contribution in [0, 0.1) is 6.92 Å². The Bertz CT molecular complexity index is 479. The lowest BCUT2D eigenvalue weighted by atomic mass is 9.98. The monoisotopic (exact) mass is 291 g/mol. The largest absolute Gasteiger partial charge is 0.446 e. The van der Waals surface area contributed by atoms with Crippen molar-refractivity contribution in [2.24, 2.45) is 0 Å². The molecule has 1 amide bonds. The number of ether oxygens (including phenoxy) is 1. The third-order valence-electron chi connectivity index (χ3n) is 3.19. The van der Waals surface area contributed by atoms with Gasteiger partial charge in [-0.05, 0) is 25.8 Å². The second-order valence-electron chi connectivity index (χ2n) is 5.67. The lowest BCUT2D eigenvalue weighted by molar-refractivity contribution is 0.0814. The van der Waals surface area contributed by atoms with Crippen LogP contribution in [0.4, 0.5) is 4.79 Å². The summed E-state index contributed by atoms with van der Waals surface area (Å²) in [6.07, 6.45) is -0.183. The minimum Gasteiger partial charge on any atom is -0.446 e. The van der Waals surface area contributed by atoms with E-state index < -0.39 is 6.10 Å². The van der Waals surface area contributed by atoms with Crippen LogP contribution in [-0.2, 0) is 4.74 Å². The molecular formula is C17H25NO3. The van der Waals surface area contributed by atoms with Gasteiger partial charge in [0.1, 0.15) is 6.10 Å². The Labute approximate surface area is 127 Å². The highest BCUT2D eigenvalue weighted by atomic mass is 16.6. The molecule has 2 atom stereocenters. The maximum atomic E-state index is 11.4. The van der Waals surface area contributed by atoms with Gasteiger partial charge in [0.2, 0.25) is 0 Å². The smallest absolute Gasteiger partial charge is 0.409 e. The van der Waals surface area contributed by atoms with Gasteiger partial charge in [-0.25, -0.2) is 4.79 Å². The van der Waals surface area contributed by atoms with Gasteiger partial charge in [0, 0.05) is 20.5 Å². The van der Waals surface area contributed by atoms with Gasteiger partial charge in [0.25, 0.3) is 0 Å². The normalized spacial score (nSPS) is 13.4. The van der Waals surface area contributed by atoms with Gasteiger partial charge in [-0.2, -0.15) is 0 Å². The minimum atomic E-state index is -0.574. The Morgan fingerprint density at radius 2 is 1.86 bits per heavy atom. The molecule has 0 heterocycles. The molecule has 0 aliphatic rings. The van der Waals surface area contributed by atoms with Gasteiger partial charge in [-0.3, -0.25) is 0 Å². The molecule has 0 aromatic heterocycles. The average Bonchev–Trinajstić information content (AvgIpc) is 2.38. The molecule has 4 heteroatoms. The number of aliphatic hydroxyl groups is 1. The summed E-state index contributed by atoms with van der Waals surface area (Å²) in [4.78, 5) is 12.8. The number of carbonyl (C=O) groups is 1. The van der Waals surface area contributed by atoms with Crippen LogP contribution in [0.5, 0.6) is 0 Å². The molecule has 0 radical (unpaired) electrons. The van der Waals surface area contributed by atoms with Gasteiger partial charge >= 0.3 is 6.09 Å². The van der Waals surface area contributed by atoms with Crippen molar-refractivity contribution in [1.29, 1.82) is 0 Å². The second kappa shape index (κ2) is 7.84. The third-order valence-corrected chi connectivity index (χ3v) is 3.19. The van der Waals surface area contributed by atoms with Crippen molar-refractivity contribution in [2.75, 3.05) is 14.1 Å². The molecular weight excluding hydrogens is 266 g/mol. The van der Waals surface area contributed by atoms with E-state index in [0.717, 1.165) is 16.7 Å². The fourth-order valence-corrected chi connectivity index (χ4v) is 1.99. The zero-order valence-electron chi connectivity index (χ0n) is 13.3. The summed E-state index contributed by atoms with van der Waals surface area (Å²) in [7, 11) is 3.29. The first-order valence-corrected chi connectivity index (χ1v) is 7.08. The van der Waals surface area contributed by atoms with Crippen LogP contribution >= 0.6 is 0 Å². The Balaban J connectivity index is 2.46. The Morgan fingerprint density at radius 1 is 1.29 bits per heavy atom. The number of nitrogens with zero attached hydrogens (tertiary/aromatic N) is 1. The predicted octanol–water partition coefficient (Wildman–Crippen LogP) is 3.45. The number of amides is 1. The first-order valence-electron chi connectivity index (χ1n) is 7.08. The van der Waals surface area contributed by atoms with Crippen LogP contribution in [-0.4, -0.2) is 36.3 Å². The number of hydrogen-bond donors (Lipinski definition) is 1. The minimum absolute atomic E-state index is 0.252. The highest BCUT2D eigenvalue weighted by Crippen LogP contribution is 2.23. The molecule has 0 spiro atoms. The fraction of sp³-hybridized carbons (Fsp3) is 0.471. The highest BCUT2D eigenvalue weighted by Gasteiger charge is 2.15. The van der Waals surface area contributed by atoms with E-state index in [1.54, 1.807) is 14.1 Å². The maximum Gasteiger partial charge on any atom is 0.409 e. The molecule has 116 valence electrons. The number of aryl methyl sites for hydroxylation is 1. The molecule has 1 aromatic carbocycles. The lowest BCUT2D eigenvalue weighted by Gasteiger charge is -2.19. The van der Waals surface area contributed by atoms with Crippen LogP contribution in [0.15, 0.2) is 36.4 Å². The zero-order chi connectivity index (χ0) is 16.0. The van der Waals surface area contributed by atoms with Crippen molar-refractivity contribution >= 4 is 6.09 Å². The molecule has 0 aliphatic carbocycles. The first kappa shape index (κ1) is 17.2. The lowest BCUT2D eigenvalue weighted by Crippen LogP contribution is -2.26. The summed E-state index contributed by atoms with van der Waals surface area (Å²) in [6.45, 7) is 7.80. The van der Waals surface area contributed by atoms with E-state index >= 15 is 0 Å². The molecule has 0 saturated heterocycles. The topological polar surface area (TPSA) is 49.8 Å². The second-order valence-corrected chi connectivity index (χ2v) is 5.67. The predicted molar refractivity (Wildman–Crippen MR) is 84.1 cm³/mol. The Hall–Kier alpha value is -1.81. The van der Waals surface area contributed by atoms with E-state index in [1.807, 2.05) is 38.1 Å². The third kappa shape index (κ3) is 6.00. The summed E-state index contributed by atoms with van der Waals surface area (Å²) in [5.41, 5.74) is 2.90. The fourth-order valence-electron chi connectivity index (χ4n) is 1.99. The van der Waals surface area contributed by atoms with E-state index in [9.17, 15) is 9.90 Å². The molecule has 1 N–H and O–H groups in total. The Kier molecular flexibility index (Phi) is 6.43. The van der Waals surface area contributed by atoms with E-state index in [2.05, 4.69) is 6.58 Å². The van der Waals surface area contributed by atoms with Gasteiger partial charge in [-0.15, -0.1) is 0 Å². The molecule has 21 heavy (non-hydrogen) atoms. The average molecular weight is 291 g/mol. The number of benzene rings is 1. The standard InChI is InChI=1S/C17H25NO3/c1-12-6-8-15(9-7-12)16(19)11-13(2)10-14(3)21-17(20)18(4)5/h6-9,14,16,19H,2,10-11H2,1,3-5H3/t14-,16-/m0/s1. The van der Waals surface area contributed by atoms with E-state index in [0.29, 0.717) is 12.8 Å². The summed E-state index contributed by atoms with van der Waals surface area (Å²) in [6, 6.07) is 7.79. The quantitative estimate of drug-likeness (QED) is 0.817. The van der Waals surface area contributed by atoms with E-state index in [4.69, 9.17) is 4.74 Å². The van der Waals surface area contributed by atoms with Crippen LogP contribution in [0.1, 0.15) is 37.0 Å². The zero-order valence-corrected chi connectivity index (χ0v) is 13.3. The SMILES string of the molecule is C=C(C[C@H](C)OC(=O)N(C)C)C[C@H](O)c1ccc(C)cc1. The van der Waals surface area contributed by atoms with Crippen molar-refractivity contribution in [1.82, 2.24) is 4.90 Å². The summed E-state index contributed by atoms with van der Waals surface area (Å²) < 4.78 is 5.23. The van der Waals surface area contributed by atoms with Crippen LogP contribution in [0.25, 0.3) is 0 Å². The molecule has 0 unspecified atom stereocenters. The molecule has 4 nitrogen and oxygen atoms in total. The van der Waals surface area contributed by atoms with Crippen LogP contribution in [0.2, 0.25) is 0 Å². The number of carbonyl (C=O) groups excluding carboxylic acids is 1. The Morgan fingerprint density at radius 3 is 2.38 bits per heavy atom. The van der Waals surface area contributed by atoms with E-state index in [1.165, 1.54) is 4.90 Å². The maximum absolute atomic E-state index is 11.4. The first-order chi connectivity index (χ1) is 9.79. The van der Waals surface area contributed by atoms with Crippen LogP contribution < -0.4 is 0 Å². The van der Waals surface area contributed by atoms with Crippen molar-refractivity contribution in [3.05, 3.63) is 47.5 Å². The number of rotatable bonds is 6. The highest BCUT2D eigenvalue weighted by molar-refractivity contribution is 5.66. The molecule has 0 aliphatic heterocycles. The van der Waals surface area contributed by atoms with Gasteiger partial charge < -0.3 is 14.7 Å². The van der Waals surface area contributed by atoms with Crippen LogP contribution in [0.3, 0.4) is 0 Å². The molecule has 1 rings (SSSR count).